The quantitative estimate of drug-likeness (QED) is 0.662. The minimum Gasteiger partial charge on any atom is -0.341 e. The van der Waals surface area contributed by atoms with Gasteiger partial charge in [-0.15, -0.1) is 0 Å². The minimum atomic E-state index is -3.39. The van der Waals surface area contributed by atoms with E-state index in [0.717, 1.165) is 5.56 Å². The summed E-state index contributed by atoms with van der Waals surface area (Å²) in [5.74, 6) is 0.0266. The van der Waals surface area contributed by atoms with Crippen LogP contribution < -0.4 is 0 Å². The summed E-state index contributed by atoms with van der Waals surface area (Å²) in [5.41, 5.74) is 1.15. The highest BCUT2D eigenvalue weighted by Crippen LogP contribution is 2.25. The lowest BCUT2D eigenvalue weighted by molar-refractivity contribution is -0.130. The Morgan fingerprint density at radius 2 is 1.64 bits per heavy atom. The molecule has 0 aromatic heterocycles. The Labute approximate surface area is 165 Å². The van der Waals surface area contributed by atoms with E-state index in [0.29, 0.717) is 30.7 Å². The molecule has 0 radical (unpaired) electrons. The Kier molecular flexibility index (Phi) is 5.18. The van der Waals surface area contributed by atoms with Crippen molar-refractivity contribution in [2.45, 2.75) is 29.4 Å². The van der Waals surface area contributed by atoms with E-state index in [4.69, 9.17) is 0 Å². The molecule has 4 rings (SSSR count). The van der Waals surface area contributed by atoms with Crippen LogP contribution in [0.1, 0.15) is 18.4 Å². The second-order valence-electron chi connectivity index (χ2n) is 7.25. The average Bonchev–Trinajstić information content (AvgIpc) is 3.24. The lowest BCUT2D eigenvalue weighted by Crippen LogP contribution is -2.32. The number of amides is 1. The van der Waals surface area contributed by atoms with Gasteiger partial charge in [0.1, 0.15) is 0 Å². The maximum absolute atomic E-state index is 12.8. The van der Waals surface area contributed by atoms with Crippen LogP contribution in [0.15, 0.2) is 77.7 Å². The van der Waals surface area contributed by atoms with E-state index >= 15 is 0 Å². The van der Waals surface area contributed by atoms with Gasteiger partial charge in [-0.25, -0.2) is 8.42 Å². The van der Waals surface area contributed by atoms with E-state index in [1.807, 2.05) is 18.2 Å². The first-order valence-corrected chi connectivity index (χ1v) is 11.1. The lowest BCUT2D eigenvalue weighted by Gasteiger charge is -2.17. The summed E-state index contributed by atoms with van der Waals surface area (Å²) in [7, 11) is -3.39. The van der Waals surface area contributed by atoms with Gasteiger partial charge in [0.05, 0.1) is 10.1 Å². The SMILES string of the molecule is O=C(CCc1cccc2ccccc12)N1CCC(S(=O)(=O)c2ccccc2)C1. The van der Waals surface area contributed by atoms with Crippen LogP contribution in [-0.2, 0) is 21.1 Å². The summed E-state index contributed by atoms with van der Waals surface area (Å²) in [6, 6.07) is 22.8. The fourth-order valence-electron chi connectivity index (χ4n) is 3.92. The third-order valence-corrected chi connectivity index (χ3v) is 7.69. The second kappa shape index (κ2) is 7.76. The van der Waals surface area contributed by atoms with Gasteiger partial charge in [-0.3, -0.25) is 4.79 Å². The Balaban J connectivity index is 1.41. The molecule has 3 aromatic rings. The standard InChI is InChI=1S/C23H23NO3S/c25-23(14-13-19-9-6-8-18-7-4-5-12-22(18)19)24-16-15-21(17-24)28(26,27)20-10-2-1-3-11-20/h1-12,21H,13-17H2. The predicted molar refractivity (Wildman–Crippen MR) is 111 cm³/mol. The first-order chi connectivity index (χ1) is 13.6. The van der Waals surface area contributed by atoms with Gasteiger partial charge in [-0.1, -0.05) is 60.7 Å². The fourth-order valence-corrected chi connectivity index (χ4v) is 5.63. The molecular formula is C23H23NO3S. The number of carbonyl (C=O) groups is 1. The number of hydrogen-bond acceptors (Lipinski definition) is 3. The fraction of sp³-hybridized carbons (Fsp3) is 0.261. The zero-order chi connectivity index (χ0) is 19.6. The molecule has 0 spiro atoms. The van der Waals surface area contributed by atoms with Crippen molar-refractivity contribution in [3.8, 4) is 0 Å². The normalized spacial score (nSPS) is 17.1. The van der Waals surface area contributed by atoms with Crippen molar-refractivity contribution in [3.05, 3.63) is 78.4 Å². The van der Waals surface area contributed by atoms with Gasteiger partial charge in [0.25, 0.3) is 0 Å². The van der Waals surface area contributed by atoms with Crippen molar-refractivity contribution in [1.29, 1.82) is 0 Å². The summed E-state index contributed by atoms with van der Waals surface area (Å²) in [6.45, 7) is 0.788. The van der Waals surface area contributed by atoms with Crippen molar-refractivity contribution in [1.82, 2.24) is 4.90 Å². The number of nitrogens with zero attached hydrogens (tertiary/aromatic N) is 1. The molecule has 1 unspecified atom stereocenters. The molecule has 1 amide bonds. The van der Waals surface area contributed by atoms with Gasteiger partial charge in [0, 0.05) is 19.5 Å². The van der Waals surface area contributed by atoms with Crippen molar-refractivity contribution in [2.24, 2.45) is 0 Å². The number of likely N-dealkylation sites (tertiary alicyclic amines) is 1. The number of fused-ring (bicyclic) bond motifs is 1. The van der Waals surface area contributed by atoms with E-state index in [9.17, 15) is 13.2 Å². The monoisotopic (exact) mass is 393 g/mol. The van der Waals surface area contributed by atoms with Crippen molar-refractivity contribution in [2.75, 3.05) is 13.1 Å². The highest BCUT2D eigenvalue weighted by molar-refractivity contribution is 7.92. The zero-order valence-electron chi connectivity index (χ0n) is 15.6. The summed E-state index contributed by atoms with van der Waals surface area (Å²) < 4.78 is 25.6. The molecule has 144 valence electrons. The molecule has 4 nitrogen and oxygen atoms in total. The maximum atomic E-state index is 12.8. The summed E-state index contributed by atoms with van der Waals surface area (Å²) >= 11 is 0. The molecule has 1 aliphatic rings. The van der Waals surface area contributed by atoms with Gasteiger partial charge in [0.2, 0.25) is 5.91 Å². The first kappa shape index (κ1) is 18.7. The molecule has 1 aliphatic heterocycles. The van der Waals surface area contributed by atoms with Crippen molar-refractivity contribution >= 4 is 26.5 Å². The van der Waals surface area contributed by atoms with Gasteiger partial charge in [-0.2, -0.15) is 0 Å². The molecule has 28 heavy (non-hydrogen) atoms. The van der Waals surface area contributed by atoms with Crippen LogP contribution in [0.5, 0.6) is 0 Å². The lowest BCUT2D eigenvalue weighted by atomic mass is 10.0. The van der Waals surface area contributed by atoms with Gasteiger partial charge >= 0.3 is 0 Å². The first-order valence-electron chi connectivity index (χ1n) is 9.59. The van der Waals surface area contributed by atoms with Crippen LogP contribution in [-0.4, -0.2) is 37.6 Å². The van der Waals surface area contributed by atoms with Crippen molar-refractivity contribution in [3.63, 3.8) is 0 Å². The average molecular weight is 394 g/mol. The van der Waals surface area contributed by atoms with Crippen LogP contribution in [0.2, 0.25) is 0 Å². The van der Waals surface area contributed by atoms with Crippen LogP contribution in [0.25, 0.3) is 10.8 Å². The second-order valence-corrected chi connectivity index (χ2v) is 9.47. The van der Waals surface area contributed by atoms with E-state index in [2.05, 4.69) is 24.3 Å². The Hall–Kier alpha value is -2.66. The Bertz CT molecular complexity index is 1090. The third-order valence-electron chi connectivity index (χ3n) is 5.50. The minimum absolute atomic E-state index is 0.0266. The number of rotatable bonds is 5. The van der Waals surface area contributed by atoms with E-state index < -0.39 is 15.1 Å². The molecule has 3 aromatic carbocycles. The van der Waals surface area contributed by atoms with Crippen LogP contribution in [0, 0.1) is 0 Å². The van der Waals surface area contributed by atoms with Crippen LogP contribution >= 0.6 is 0 Å². The zero-order valence-corrected chi connectivity index (χ0v) is 16.4. The molecule has 0 aliphatic carbocycles. The molecule has 0 N–H and O–H groups in total. The summed E-state index contributed by atoms with van der Waals surface area (Å²) in [5, 5.41) is 1.82. The van der Waals surface area contributed by atoms with Crippen LogP contribution in [0.4, 0.5) is 0 Å². The summed E-state index contributed by atoms with van der Waals surface area (Å²) in [6.07, 6.45) is 1.55. The molecule has 0 bridgehead atoms. The molecule has 1 fully saturated rings. The topological polar surface area (TPSA) is 54.5 Å². The Morgan fingerprint density at radius 1 is 0.929 bits per heavy atom. The number of sulfone groups is 1. The van der Waals surface area contributed by atoms with E-state index in [-0.39, 0.29) is 12.5 Å². The molecule has 1 atom stereocenters. The van der Waals surface area contributed by atoms with Gasteiger partial charge in [-0.05, 0) is 41.3 Å². The van der Waals surface area contributed by atoms with Gasteiger partial charge in [0.15, 0.2) is 9.84 Å². The summed E-state index contributed by atoms with van der Waals surface area (Å²) in [4.78, 5) is 14.7. The largest absolute Gasteiger partial charge is 0.341 e. The van der Waals surface area contributed by atoms with Crippen LogP contribution in [0.3, 0.4) is 0 Å². The Morgan fingerprint density at radius 3 is 2.46 bits per heavy atom. The maximum Gasteiger partial charge on any atom is 0.222 e. The third kappa shape index (κ3) is 3.67. The highest BCUT2D eigenvalue weighted by Gasteiger charge is 2.35. The molecule has 5 heteroatoms. The predicted octanol–water partition coefficient (Wildman–Crippen LogP) is 3.85. The van der Waals surface area contributed by atoms with Crippen molar-refractivity contribution < 1.29 is 13.2 Å². The molecular weight excluding hydrogens is 370 g/mol. The number of benzene rings is 3. The van der Waals surface area contributed by atoms with E-state index in [1.165, 1.54) is 10.8 Å². The molecule has 1 heterocycles. The molecule has 1 saturated heterocycles. The smallest absolute Gasteiger partial charge is 0.222 e. The highest BCUT2D eigenvalue weighted by atomic mass is 32.2. The van der Waals surface area contributed by atoms with Gasteiger partial charge < -0.3 is 4.90 Å². The molecule has 0 saturated carbocycles. The number of hydrogen-bond donors (Lipinski definition) is 0. The van der Waals surface area contributed by atoms with E-state index in [1.54, 1.807) is 35.2 Å². The number of carbonyl (C=O) groups excluding carboxylic acids is 1. The number of aryl methyl sites for hydroxylation is 1.